The van der Waals surface area contributed by atoms with E-state index in [1.54, 1.807) is 32.9 Å². The Kier molecular flexibility index (Phi) is 6.26. The van der Waals surface area contributed by atoms with Gasteiger partial charge in [0.2, 0.25) is 11.8 Å². The molecule has 1 aliphatic rings. The summed E-state index contributed by atoms with van der Waals surface area (Å²) in [6.45, 7) is 7.29. The topological polar surface area (TPSA) is 53.5 Å². The van der Waals surface area contributed by atoms with E-state index in [1.165, 1.54) is 0 Å². The van der Waals surface area contributed by atoms with Crippen molar-refractivity contribution in [2.45, 2.75) is 39.7 Å². The number of hydrogen-bond donors (Lipinski definition) is 0. The van der Waals surface area contributed by atoms with Crippen molar-refractivity contribution in [1.29, 1.82) is 0 Å². The largest absolute Gasteiger partial charge is 0.341 e. The molecule has 0 radical (unpaired) electrons. The molecular weight excluding hydrogens is 318 g/mol. The first-order valence-corrected chi connectivity index (χ1v) is 9.67. The van der Waals surface area contributed by atoms with Crippen molar-refractivity contribution in [2.24, 2.45) is 0 Å². The molecule has 1 aromatic rings. The highest BCUT2D eigenvalue weighted by Gasteiger charge is 2.36. The Balaban J connectivity index is 1.94. The van der Waals surface area contributed by atoms with Crippen LogP contribution in [0.1, 0.15) is 31.0 Å². The summed E-state index contributed by atoms with van der Waals surface area (Å²) in [5.41, 5.74) is 0.967. The number of carbonyl (C=O) groups excluding carboxylic acids is 2. The van der Waals surface area contributed by atoms with Crippen LogP contribution in [0.25, 0.3) is 0 Å². The molecule has 0 aliphatic carbocycles. The van der Waals surface area contributed by atoms with Crippen molar-refractivity contribution >= 4 is 34.9 Å². The van der Waals surface area contributed by atoms with Crippen molar-refractivity contribution in [3.8, 4) is 0 Å². The molecule has 122 valence electrons. The Morgan fingerprint density at radius 2 is 2.14 bits per heavy atom. The van der Waals surface area contributed by atoms with Crippen LogP contribution in [-0.2, 0) is 16.0 Å². The number of rotatable bonds is 6. The zero-order chi connectivity index (χ0) is 16.1. The normalized spacial score (nSPS) is 17.8. The van der Waals surface area contributed by atoms with Crippen LogP contribution in [0.2, 0.25) is 0 Å². The molecule has 0 unspecified atom stereocenters. The van der Waals surface area contributed by atoms with Gasteiger partial charge in [-0.2, -0.15) is 0 Å². The van der Waals surface area contributed by atoms with E-state index < -0.39 is 0 Å². The maximum atomic E-state index is 12.5. The molecule has 5 nitrogen and oxygen atoms in total. The molecule has 2 heterocycles. The van der Waals surface area contributed by atoms with Gasteiger partial charge in [0.15, 0.2) is 0 Å². The lowest BCUT2D eigenvalue weighted by molar-refractivity contribution is -0.143. The van der Waals surface area contributed by atoms with Crippen molar-refractivity contribution in [1.82, 2.24) is 14.8 Å². The summed E-state index contributed by atoms with van der Waals surface area (Å²) in [7, 11) is 0. The predicted molar refractivity (Wildman–Crippen MR) is 91.1 cm³/mol. The van der Waals surface area contributed by atoms with E-state index in [2.05, 4.69) is 4.98 Å². The molecule has 1 fully saturated rings. The lowest BCUT2D eigenvalue weighted by Crippen LogP contribution is -2.49. The van der Waals surface area contributed by atoms with E-state index in [9.17, 15) is 9.59 Å². The zero-order valence-corrected chi connectivity index (χ0v) is 15.0. The number of thiazole rings is 1. The molecule has 22 heavy (non-hydrogen) atoms. The van der Waals surface area contributed by atoms with Gasteiger partial charge in [0.05, 0.1) is 16.6 Å². The minimum Gasteiger partial charge on any atom is -0.341 e. The molecule has 2 amide bonds. The van der Waals surface area contributed by atoms with Gasteiger partial charge in [-0.25, -0.2) is 4.98 Å². The minimum atomic E-state index is -0.297. The van der Waals surface area contributed by atoms with Crippen LogP contribution >= 0.6 is 23.1 Å². The van der Waals surface area contributed by atoms with Gasteiger partial charge >= 0.3 is 0 Å². The van der Waals surface area contributed by atoms with Gasteiger partial charge in [0, 0.05) is 30.6 Å². The van der Waals surface area contributed by atoms with Crippen LogP contribution in [-0.4, -0.2) is 57.4 Å². The van der Waals surface area contributed by atoms with E-state index in [0.717, 1.165) is 10.7 Å². The standard InChI is InChI=1S/C15H23N3O2S2/c1-4-17(5-2)15(20)13-9-21-10-18(13)14(19)7-6-12-8-22-11(3)16-12/h8,13H,4-7,9-10H2,1-3H3/t13-/m0/s1. The van der Waals surface area contributed by atoms with Gasteiger partial charge in [0.25, 0.3) is 0 Å². The third kappa shape index (κ3) is 4.01. The Labute approximate surface area is 140 Å². The number of nitrogens with zero attached hydrogens (tertiary/aromatic N) is 3. The Hall–Kier alpha value is -1.08. The van der Waals surface area contributed by atoms with Gasteiger partial charge in [-0.1, -0.05) is 0 Å². The third-order valence-electron chi connectivity index (χ3n) is 3.82. The summed E-state index contributed by atoms with van der Waals surface area (Å²) in [5.74, 6) is 1.46. The fourth-order valence-electron chi connectivity index (χ4n) is 2.54. The second kappa shape index (κ2) is 7.97. The summed E-state index contributed by atoms with van der Waals surface area (Å²) in [6, 6.07) is -0.297. The summed E-state index contributed by atoms with van der Waals surface area (Å²) in [4.78, 5) is 32.9. The first-order chi connectivity index (χ1) is 10.6. The van der Waals surface area contributed by atoms with Gasteiger partial charge in [-0.15, -0.1) is 23.1 Å². The minimum absolute atomic E-state index is 0.0566. The summed E-state index contributed by atoms with van der Waals surface area (Å²) in [5, 5.41) is 3.02. The highest BCUT2D eigenvalue weighted by atomic mass is 32.2. The second-order valence-electron chi connectivity index (χ2n) is 5.25. The molecule has 0 N–H and O–H groups in total. The number of carbonyl (C=O) groups is 2. The van der Waals surface area contributed by atoms with E-state index >= 15 is 0 Å². The average molecular weight is 342 g/mol. The Morgan fingerprint density at radius 3 is 2.73 bits per heavy atom. The summed E-state index contributed by atoms with van der Waals surface area (Å²) < 4.78 is 0. The number of aromatic nitrogens is 1. The lowest BCUT2D eigenvalue weighted by Gasteiger charge is -2.28. The maximum absolute atomic E-state index is 12.5. The fraction of sp³-hybridized carbons (Fsp3) is 0.667. The van der Waals surface area contributed by atoms with Gasteiger partial charge in [0.1, 0.15) is 6.04 Å². The van der Waals surface area contributed by atoms with Crippen LogP contribution < -0.4 is 0 Å². The lowest BCUT2D eigenvalue weighted by atomic mass is 10.2. The van der Waals surface area contributed by atoms with Crippen LogP contribution in [0.3, 0.4) is 0 Å². The number of likely N-dealkylation sites (N-methyl/N-ethyl adjacent to an activating group) is 1. The maximum Gasteiger partial charge on any atom is 0.246 e. The molecule has 1 saturated heterocycles. The molecule has 1 aromatic heterocycles. The summed E-state index contributed by atoms with van der Waals surface area (Å²) >= 11 is 3.26. The van der Waals surface area contributed by atoms with Gasteiger partial charge in [-0.3, -0.25) is 9.59 Å². The average Bonchev–Trinajstić information content (AvgIpc) is 3.14. The van der Waals surface area contributed by atoms with Gasteiger partial charge in [-0.05, 0) is 27.2 Å². The van der Waals surface area contributed by atoms with Crippen LogP contribution in [0.4, 0.5) is 0 Å². The monoisotopic (exact) mass is 341 g/mol. The number of hydrogen-bond acceptors (Lipinski definition) is 5. The highest BCUT2D eigenvalue weighted by molar-refractivity contribution is 7.99. The van der Waals surface area contributed by atoms with E-state index in [4.69, 9.17) is 0 Å². The second-order valence-corrected chi connectivity index (χ2v) is 7.31. The number of thioether (sulfide) groups is 1. The van der Waals surface area contributed by atoms with Crippen molar-refractivity contribution in [3.05, 3.63) is 16.1 Å². The van der Waals surface area contributed by atoms with Crippen LogP contribution in [0.15, 0.2) is 5.38 Å². The molecule has 0 spiro atoms. The Morgan fingerprint density at radius 1 is 1.41 bits per heavy atom. The third-order valence-corrected chi connectivity index (χ3v) is 5.66. The molecule has 2 rings (SSSR count). The molecule has 1 aliphatic heterocycles. The number of aryl methyl sites for hydroxylation is 2. The quantitative estimate of drug-likeness (QED) is 0.796. The molecular formula is C15H23N3O2S2. The zero-order valence-electron chi connectivity index (χ0n) is 13.4. The first-order valence-electron chi connectivity index (χ1n) is 7.63. The highest BCUT2D eigenvalue weighted by Crippen LogP contribution is 2.24. The SMILES string of the molecule is CCN(CC)C(=O)[C@@H]1CSCN1C(=O)CCc1csc(C)n1. The van der Waals surface area contributed by atoms with E-state index in [-0.39, 0.29) is 17.9 Å². The van der Waals surface area contributed by atoms with Crippen molar-refractivity contribution < 1.29 is 9.59 Å². The van der Waals surface area contributed by atoms with E-state index in [1.807, 2.05) is 26.2 Å². The molecule has 0 saturated carbocycles. The van der Waals surface area contributed by atoms with Crippen LogP contribution in [0.5, 0.6) is 0 Å². The van der Waals surface area contributed by atoms with Crippen LogP contribution in [0, 0.1) is 6.92 Å². The fourth-order valence-corrected chi connectivity index (χ4v) is 4.36. The number of amides is 2. The molecule has 7 heteroatoms. The predicted octanol–water partition coefficient (Wildman–Crippen LogP) is 2.15. The molecule has 0 bridgehead atoms. The molecule has 0 aromatic carbocycles. The summed E-state index contributed by atoms with van der Waals surface area (Å²) in [6.07, 6.45) is 1.07. The Bertz CT molecular complexity index is 529. The van der Waals surface area contributed by atoms with Gasteiger partial charge < -0.3 is 9.80 Å². The smallest absolute Gasteiger partial charge is 0.246 e. The van der Waals surface area contributed by atoms with Crippen molar-refractivity contribution in [2.75, 3.05) is 24.7 Å². The van der Waals surface area contributed by atoms with E-state index in [0.29, 0.717) is 37.6 Å². The molecule has 1 atom stereocenters. The van der Waals surface area contributed by atoms with Crippen molar-refractivity contribution in [3.63, 3.8) is 0 Å². The first kappa shape index (κ1) is 17.3.